The largest absolute Gasteiger partial charge is 0.310 e. The normalized spacial score (nSPS) is 12.6. The molecule has 0 aromatic carbocycles. The second-order valence-corrected chi connectivity index (χ2v) is 4.84. The van der Waals surface area contributed by atoms with Gasteiger partial charge in [-0.3, -0.25) is 9.67 Å². The van der Waals surface area contributed by atoms with E-state index in [1.165, 1.54) is 6.20 Å². The second-order valence-electron chi connectivity index (χ2n) is 4.84. The zero-order valence-corrected chi connectivity index (χ0v) is 12.2. The van der Waals surface area contributed by atoms with Crippen LogP contribution in [0.5, 0.6) is 0 Å². The number of rotatable bonds is 6. The highest BCUT2D eigenvalue weighted by molar-refractivity contribution is 5.19. The summed E-state index contributed by atoms with van der Waals surface area (Å²) in [5.41, 5.74) is 3.03. The van der Waals surface area contributed by atoms with Crippen LogP contribution in [0.2, 0.25) is 0 Å². The lowest BCUT2D eigenvalue weighted by atomic mass is 10.0. The Bertz CT molecular complexity index is 565. The average molecular weight is 276 g/mol. The Labute approximate surface area is 119 Å². The summed E-state index contributed by atoms with van der Waals surface area (Å²) >= 11 is 0. The van der Waals surface area contributed by atoms with Crippen LogP contribution in [0.15, 0.2) is 24.5 Å². The predicted molar refractivity (Wildman–Crippen MR) is 77.0 cm³/mol. The van der Waals surface area contributed by atoms with Gasteiger partial charge in [-0.15, -0.1) is 0 Å². The van der Waals surface area contributed by atoms with Crippen LogP contribution in [0, 0.1) is 12.7 Å². The predicted octanol–water partition coefficient (Wildman–Crippen LogP) is 2.64. The first-order valence-corrected chi connectivity index (χ1v) is 7.01. The molecule has 108 valence electrons. The van der Waals surface area contributed by atoms with Gasteiger partial charge in [-0.2, -0.15) is 5.10 Å². The first-order chi connectivity index (χ1) is 9.63. The summed E-state index contributed by atoms with van der Waals surface area (Å²) in [5.74, 6) is -0.300. The molecule has 1 atom stereocenters. The van der Waals surface area contributed by atoms with Gasteiger partial charge in [-0.1, -0.05) is 6.92 Å². The van der Waals surface area contributed by atoms with Crippen LogP contribution < -0.4 is 5.32 Å². The van der Waals surface area contributed by atoms with Gasteiger partial charge in [0.1, 0.15) is 5.82 Å². The number of aryl methyl sites for hydroxylation is 2. The molecular formula is C15H21FN4. The van der Waals surface area contributed by atoms with Crippen molar-refractivity contribution >= 4 is 0 Å². The van der Waals surface area contributed by atoms with Crippen LogP contribution in [0.25, 0.3) is 0 Å². The number of nitrogens with one attached hydrogen (secondary N) is 1. The maximum absolute atomic E-state index is 13.3. The minimum atomic E-state index is -0.300. The molecule has 2 rings (SSSR count). The fourth-order valence-electron chi connectivity index (χ4n) is 2.42. The first kappa shape index (κ1) is 14.7. The molecule has 4 nitrogen and oxygen atoms in total. The Morgan fingerprint density at radius 1 is 1.30 bits per heavy atom. The molecule has 20 heavy (non-hydrogen) atoms. The quantitative estimate of drug-likeness (QED) is 0.882. The SMILES string of the molecule is CCNC(Cc1cc(C)nn1CC)c1cncc(F)c1. The zero-order valence-electron chi connectivity index (χ0n) is 12.2. The molecule has 0 radical (unpaired) electrons. The van der Waals surface area contributed by atoms with Crippen molar-refractivity contribution in [2.24, 2.45) is 0 Å². The minimum absolute atomic E-state index is 0.0459. The van der Waals surface area contributed by atoms with E-state index in [0.29, 0.717) is 0 Å². The maximum atomic E-state index is 13.3. The molecule has 0 spiro atoms. The lowest BCUT2D eigenvalue weighted by Crippen LogP contribution is -2.24. The van der Waals surface area contributed by atoms with E-state index in [4.69, 9.17) is 0 Å². The summed E-state index contributed by atoms with van der Waals surface area (Å²) in [6.45, 7) is 7.76. The number of aromatic nitrogens is 3. The van der Waals surface area contributed by atoms with Gasteiger partial charge >= 0.3 is 0 Å². The fraction of sp³-hybridized carbons (Fsp3) is 0.467. The number of nitrogens with zero attached hydrogens (tertiary/aromatic N) is 3. The lowest BCUT2D eigenvalue weighted by molar-refractivity contribution is 0.510. The van der Waals surface area contributed by atoms with E-state index < -0.39 is 0 Å². The van der Waals surface area contributed by atoms with Gasteiger partial charge in [0.25, 0.3) is 0 Å². The van der Waals surface area contributed by atoms with E-state index in [-0.39, 0.29) is 11.9 Å². The van der Waals surface area contributed by atoms with E-state index in [2.05, 4.69) is 28.4 Å². The number of halogens is 1. The molecule has 0 aliphatic carbocycles. The van der Waals surface area contributed by atoms with E-state index in [1.807, 2.05) is 18.5 Å². The van der Waals surface area contributed by atoms with E-state index in [9.17, 15) is 4.39 Å². The van der Waals surface area contributed by atoms with E-state index in [1.54, 1.807) is 12.3 Å². The van der Waals surface area contributed by atoms with Gasteiger partial charge in [0.2, 0.25) is 0 Å². The van der Waals surface area contributed by atoms with Crippen molar-refractivity contribution in [2.45, 2.75) is 39.8 Å². The summed E-state index contributed by atoms with van der Waals surface area (Å²) in [6.07, 6.45) is 3.72. The molecule has 0 amide bonds. The fourth-order valence-corrected chi connectivity index (χ4v) is 2.42. The molecule has 0 bridgehead atoms. The standard InChI is InChI=1S/C15H21FN4/c1-4-18-15(12-7-13(16)10-17-9-12)8-14-6-11(3)19-20(14)5-2/h6-7,9-10,15,18H,4-5,8H2,1-3H3. The van der Waals surface area contributed by atoms with Crippen LogP contribution in [0.3, 0.4) is 0 Å². The molecule has 0 saturated heterocycles. The summed E-state index contributed by atoms with van der Waals surface area (Å²) in [4.78, 5) is 3.94. The Hall–Kier alpha value is -1.75. The Morgan fingerprint density at radius 2 is 2.10 bits per heavy atom. The molecule has 1 N–H and O–H groups in total. The van der Waals surface area contributed by atoms with Gasteiger partial charge in [0, 0.05) is 30.9 Å². The van der Waals surface area contributed by atoms with Gasteiger partial charge in [0.05, 0.1) is 11.9 Å². The smallest absolute Gasteiger partial charge is 0.141 e. The monoisotopic (exact) mass is 276 g/mol. The number of hydrogen-bond donors (Lipinski definition) is 1. The molecule has 0 aliphatic rings. The molecule has 2 aromatic heterocycles. The highest BCUT2D eigenvalue weighted by Gasteiger charge is 2.15. The summed E-state index contributed by atoms with van der Waals surface area (Å²) in [5, 5.41) is 7.84. The molecule has 0 fully saturated rings. The summed E-state index contributed by atoms with van der Waals surface area (Å²) in [6, 6.07) is 3.67. The van der Waals surface area contributed by atoms with Gasteiger partial charge in [-0.05, 0) is 38.1 Å². The van der Waals surface area contributed by atoms with Gasteiger partial charge < -0.3 is 5.32 Å². The van der Waals surface area contributed by atoms with Crippen LogP contribution in [-0.2, 0) is 13.0 Å². The third-order valence-electron chi connectivity index (χ3n) is 3.28. The Kier molecular flexibility index (Phi) is 4.84. The average Bonchev–Trinajstić information content (AvgIpc) is 2.78. The van der Waals surface area contributed by atoms with Crippen molar-refractivity contribution in [1.82, 2.24) is 20.1 Å². The summed E-state index contributed by atoms with van der Waals surface area (Å²) in [7, 11) is 0. The second kappa shape index (κ2) is 6.61. The molecule has 2 heterocycles. The highest BCUT2D eigenvalue weighted by atomic mass is 19.1. The Morgan fingerprint density at radius 3 is 2.75 bits per heavy atom. The van der Waals surface area contributed by atoms with Crippen LogP contribution in [0.1, 0.15) is 36.8 Å². The molecule has 0 aliphatic heterocycles. The van der Waals surface area contributed by atoms with Crippen molar-refractivity contribution < 1.29 is 4.39 Å². The van der Waals surface area contributed by atoms with Crippen molar-refractivity contribution in [3.8, 4) is 0 Å². The van der Waals surface area contributed by atoms with Crippen LogP contribution in [0.4, 0.5) is 4.39 Å². The maximum Gasteiger partial charge on any atom is 0.141 e. The Balaban J connectivity index is 2.25. The topological polar surface area (TPSA) is 42.7 Å². The summed E-state index contributed by atoms with van der Waals surface area (Å²) < 4.78 is 15.3. The third-order valence-corrected chi connectivity index (χ3v) is 3.28. The molecule has 5 heteroatoms. The number of likely N-dealkylation sites (N-methyl/N-ethyl adjacent to an activating group) is 1. The van der Waals surface area contributed by atoms with Crippen molar-refractivity contribution in [1.29, 1.82) is 0 Å². The van der Waals surface area contributed by atoms with E-state index >= 15 is 0 Å². The van der Waals surface area contributed by atoms with Gasteiger partial charge in [-0.25, -0.2) is 4.39 Å². The van der Waals surface area contributed by atoms with Crippen LogP contribution >= 0.6 is 0 Å². The van der Waals surface area contributed by atoms with Crippen molar-refractivity contribution in [3.05, 3.63) is 47.3 Å². The van der Waals surface area contributed by atoms with E-state index in [0.717, 1.165) is 36.5 Å². The molecular weight excluding hydrogens is 255 g/mol. The number of hydrogen-bond acceptors (Lipinski definition) is 3. The van der Waals surface area contributed by atoms with Crippen LogP contribution in [-0.4, -0.2) is 21.3 Å². The highest BCUT2D eigenvalue weighted by Crippen LogP contribution is 2.19. The third kappa shape index (κ3) is 3.42. The lowest BCUT2D eigenvalue weighted by Gasteiger charge is -2.18. The zero-order chi connectivity index (χ0) is 14.5. The molecule has 0 saturated carbocycles. The molecule has 1 unspecified atom stereocenters. The first-order valence-electron chi connectivity index (χ1n) is 7.01. The van der Waals surface area contributed by atoms with Gasteiger partial charge in [0.15, 0.2) is 0 Å². The number of pyridine rings is 1. The van der Waals surface area contributed by atoms with Crippen molar-refractivity contribution in [3.63, 3.8) is 0 Å². The van der Waals surface area contributed by atoms with Crippen molar-refractivity contribution in [2.75, 3.05) is 6.54 Å². The minimum Gasteiger partial charge on any atom is -0.310 e. The molecule has 2 aromatic rings.